The molecule has 3 aliphatic heterocycles. The summed E-state index contributed by atoms with van der Waals surface area (Å²) >= 11 is 7.85. The number of hydrogen-bond donors (Lipinski definition) is 7. The van der Waals surface area contributed by atoms with Crippen molar-refractivity contribution in [2.24, 2.45) is 5.16 Å². The second-order valence-corrected chi connectivity index (χ2v) is 14.3. The number of aliphatic carboxylic acids is 1. The number of benzene rings is 1. The minimum Gasteiger partial charge on any atom is -0.504 e. The minimum atomic E-state index is -1.59. The Labute approximate surface area is 305 Å². The molecule has 6 amide bonds. The van der Waals surface area contributed by atoms with E-state index in [1.165, 1.54) is 21.6 Å². The van der Waals surface area contributed by atoms with Gasteiger partial charge in [-0.3, -0.25) is 29.4 Å². The van der Waals surface area contributed by atoms with Crippen molar-refractivity contribution in [1.29, 1.82) is 0 Å². The lowest BCUT2D eigenvalue weighted by molar-refractivity contribution is -0.178. The number of carboxylic acid groups (broad SMARTS) is 1. The van der Waals surface area contributed by atoms with Crippen LogP contribution in [0.4, 0.5) is 9.93 Å². The second kappa shape index (κ2) is 14.3. The van der Waals surface area contributed by atoms with Crippen LogP contribution in [0.1, 0.15) is 41.9 Å². The molecule has 4 heterocycles. The number of fused-ring (bicyclic) bond motifs is 1. The molecule has 1 aromatic carbocycles. The number of nitrogens with two attached hydrogens (primary N) is 1. The van der Waals surface area contributed by atoms with Crippen molar-refractivity contribution in [3.05, 3.63) is 28.5 Å². The number of nitrogens with one attached hydrogen (secondary N) is 3. The summed E-state index contributed by atoms with van der Waals surface area (Å²) in [6.45, 7) is 0.172. The normalized spacial score (nSPS) is 21.9. The van der Waals surface area contributed by atoms with Gasteiger partial charge >= 0.3 is 12.0 Å². The molecule has 0 radical (unpaired) electrons. The zero-order valence-electron chi connectivity index (χ0n) is 26.6. The van der Waals surface area contributed by atoms with Gasteiger partial charge in [-0.25, -0.2) is 14.6 Å². The number of carbonyl (C=O) groups is 7. The molecule has 6 rings (SSSR count). The van der Waals surface area contributed by atoms with Crippen LogP contribution in [0.15, 0.2) is 17.3 Å². The number of thioether (sulfide) groups is 1. The van der Waals surface area contributed by atoms with Gasteiger partial charge in [-0.15, -0.1) is 11.8 Å². The maximum Gasteiger partial charge on any atom is 0.350 e. The van der Waals surface area contributed by atoms with E-state index >= 15 is 0 Å². The second-order valence-electron chi connectivity index (χ2n) is 11.9. The summed E-state index contributed by atoms with van der Waals surface area (Å²) in [5, 5.41) is 36.9. The number of nitrogens with zero attached hydrogens (tertiary/aromatic N) is 6. The number of anilines is 1. The van der Waals surface area contributed by atoms with Crippen LogP contribution in [0, 0.1) is 0 Å². The average Bonchev–Trinajstić information content (AvgIpc) is 3.80. The molecular formula is C28H29ClN10O11S2. The van der Waals surface area contributed by atoms with Crippen LogP contribution < -0.4 is 21.8 Å². The highest BCUT2D eigenvalue weighted by atomic mass is 35.5. The van der Waals surface area contributed by atoms with Crippen LogP contribution in [0.3, 0.4) is 0 Å². The molecule has 3 atom stereocenters. The molecule has 4 fully saturated rings. The summed E-state index contributed by atoms with van der Waals surface area (Å²) in [5.41, 5.74) is 5.71. The summed E-state index contributed by atoms with van der Waals surface area (Å²) in [6, 6.07) is 0.477. The number of ketones is 1. The van der Waals surface area contributed by atoms with Gasteiger partial charge in [-0.2, -0.15) is 9.36 Å². The maximum absolute atomic E-state index is 13.3. The molecule has 8 N–H and O–H groups in total. The highest BCUT2D eigenvalue weighted by molar-refractivity contribution is 8.00. The van der Waals surface area contributed by atoms with Gasteiger partial charge in [0, 0.05) is 43.9 Å². The van der Waals surface area contributed by atoms with Crippen molar-refractivity contribution in [1.82, 2.24) is 40.2 Å². The van der Waals surface area contributed by atoms with Crippen molar-refractivity contribution < 1.29 is 53.7 Å². The number of urea groups is 1. The lowest BCUT2D eigenvalue weighted by atomic mass is 9.80. The minimum absolute atomic E-state index is 0.0197. The van der Waals surface area contributed by atoms with E-state index in [-0.39, 0.29) is 62.0 Å². The third kappa shape index (κ3) is 6.80. The summed E-state index contributed by atoms with van der Waals surface area (Å²) in [7, 11) is 0. The van der Waals surface area contributed by atoms with E-state index < -0.39 is 86.0 Å². The van der Waals surface area contributed by atoms with E-state index in [1.54, 1.807) is 0 Å². The van der Waals surface area contributed by atoms with Crippen molar-refractivity contribution in [3.8, 4) is 11.5 Å². The average molecular weight is 781 g/mol. The van der Waals surface area contributed by atoms with E-state index in [1.807, 2.05) is 0 Å². The van der Waals surface area contributed by atoms with Crippen LogP contribution in [-0.4, -0.2) is 135 Å². The molecule has 0 unspecified atom stereocenters. The first-order valence-corrected chi connectivity index (χ1v) is 17.6. The smallest absolute Gasteiger partial charge is 0.350 e. The number of phenols is 2. The van der Waals surface area contributed by atoms with Gasteiger partial charge in [0.05, 0.1) is 29.0 Å². The highest BCUT2D eigenvalue weighted by Gasteiger charge is 2.57. The third-order valence-corrected chi connectivity index (χ3v) is 11.1. The van der Waals surface area contributed by atoms with Crippen LogP contribution in [-0.2, 0) is 28.8 Å². The van der Waals surface area contributed by atoms with Crippen LogP contribution in [0.2, 0.25) is 5.02 Å². The Hall–Kier alpha value is -5.42. The van der Waals surface area contributed by atoms with Gasteiger partial charge in [0.25, 0.3) is 17.6 Å². The van der Waals surface area contributed by atoms with Gasteiger partial charge < -0.3 is 46.3 Å². The van der Waals surface area contributed by atoms with Crippen LogP contribution >= 0.6 is 34.9 Å². The molecule has 0 spiro atoms. The van der Waals surface area contributed by atoms with Gasteiger partial charge in [-0.05, 0) is 18.6 Å². The molecule has 1 aromatic heterocycles. The molecule has 1 aliphatic carbocycles. The number of rotatable bonds is 13. The maximum atomic E-state index is 13.3. The number of nitrogen functional groups attached to an aromatic ring is 1. The number of hydrazine groups is 1. The Kier molecular flexibility index (Phi) is 10.0. The number of β-lactam (4-membered cyclic amide) rings is 1. The van der Waals surface area contributed by atoms with Crippen LogP contribution in [0.5, 0.6) is 11.5 Å². The monoisotopic (exact) mass is 780 g/mol. The van der Waals surface area contributed by atoms with E-state index in [2.05, 4.69) is 30.6 Å². The Morgan fingerprint density at radius 3 is 2.52 bits per heavy atom. The number of phenolic OH excluding ortho intramolecular Hbond substituents is 2. The molecule has 2 aromatic rings. The summed E-state index contributed by atoms with van der Waals surface area (Å²) in [4.78, 5) is 101. The first kappa shape index (κ1) is 36.4. The number of hydrogen-bond acceptors (Lipinski definition) is 16. The third-order valence-electron chi connectivity index (χ3n) is 8.64. The number of Topliss-reactive ketones (excluding diaryl/α,β-unsaturated/α-hetero) is 1. The topological polar surface area (TPSA) is 299 Å². The van der Waals surface area contributed by atoms with E-state index in [0.29, 0.717) is 6.42 Å². The van der Waals surface area contributed by atoms with Crippen molar-refractivity contribution >= 4 is 87.2 Å². The van der Waals surface area contributed by atoms with Crippen molar-refractivity contribution in [2.45, 2.75) is 48.1 Å². The predicted molar refractivity (Wildman–Crippen MR) is 179 cm³/mol. The Morgan fingerprint density at radius 2 is 1.87 bits per heavy atom. The number of amides is 6. The molecule has 0 bridgehead atoms. The number of halogens is 1. The van der Waals surface area contributed by atoms with Gasteiger partial charge in [-0.1, -0.05) is 16.8 Å². The number of oxime groups is 1. The molecule has 4 aliphatic rings. The number of carboxylic acids is 1. The van der Waals surface area contributed by atoms with Crippen LogP contribution in [0.25, 0.3) is 0 Å². The van der Waals surface area contributed by atoms with E-state index in [9.17, 15) is 48.9 Å². The quantitative estimate of drug-likeness (QED) is 0.0314. The summed E-state index contributed by atoms with van der Waals surface area (Å²) in [6.07, 6.45) is 0.662. The van der Waals surface area contributed by atoms with Crippen molar-refractivity contribution in [2.75, 3.05) is 31.9 Å². The zero-order valence-corrected chi connectivity index (χ0v) is 29.0. The number of carbonyl (C=O) groups excluding carboxylic acids is 6. The predicted octanol–water partition coefficient (Wildman–Crippen LogP) is -1.20. The van der Waals surface area contributed by atoms with E-state index in [4.69, 9.17) is 22.2 Å². The highest BCUT2D eigenvalue weighted by Crippen LogP contribution is 2.42. The Bertz CT molecular complexity index is 1910. The summed E-state index contributed by atoms with van der Waals surface area (Å²) < 4.78 is 3.97. The lowest BCUT2D eigenvalue weighted by Gasteiger charge is -2.41. The lowest BCUT2D eigenvalue weighted by Crippen LogP contribution is -2.68. The van der Waals surface area contributed by atoms with Gasteiger partial charge in [0.2, 0.25) is 29.0 Å². The summed E-state index contributed by atoms with van der Waals surface area (Å²) in [5.74, 6) is -6.97. The molecule has 24 heteroatoms. The van der Waals surface area contributed by atoms with Gasteiger partial charge in [0.15, 0.2) is 16.6 Å². The fraction of sp³-hybridized carbons (Fsp3) is 0.429. The van der Waals surface area contributed by atoms with Crippen molar-refractivity contribution in [3.63, 3.8) is 0 Å². The standard InChI is InChI=1S/C28H29ClN10O11S2/c29-15-11(2-3-12(40)19(15)43)18(42)22(45)31-7-4-13(41)34-39-9-8-37(27(39)49)14-10-38-23(46)17(24(38)51-14)32-21(44)16(20-33-26(30)52-36-20)35-50-28(25(47)48)5-1-6-28/h2-3,14,17,24,40,43H,1,4-10H2,(H,31,45)(H,32,44)(H,34,41)(H,47,48)(H2,30,33,36)/b35-16-/t14-,17-,24-/m1/s1. The van der Waals surface area contributed by atoms with Gasteiger partial charge in [0.1, 0.15) is 11.4 Å². The molecule has 52 heavy (non-hydrogen) atoms. The molecule has 21 nitrogen and oxygen atoms in total. The molecule has 276 valence electrons. The number of aromatic nitrogens is 2. The Morgan fingerprint density at radius 1 is 1.12 bits per heavy atom. The molecule has 3 saturated heterocycles. The number of aromatic hydroxyl groups is 2. The fourth-order valence-electron chi connectivity index (χ4n) is 5.60. The molecule has 1 saturated carbocycles. The molecular weight excluding hydrogens is 752 g/mol. The fourth-order valence-corrected chi connectivity index (χ4v) is 7.87. The Balaban J connectivity index is 0.993. The largest absolute Gasteiger partial charge is 0.504 e. The zero-order chi connectivity index (χ0) is 37.5. The SMILES string of the molecule is Nc1nc(/C(=N/OC2(C(=O)O)CCC2)C(=O)N[C@@H]2C(=O)N3C[C@H](N4CCN(NC(=O)CCNC(=O)C(=O)c5ccc(O)c(O)c5Cl)C4=O)S[C@H]23)ns1. The first-order valence-electron chi connectivity index (χ1n) is 15.5. The van der Waals surface area contributed by atoms with E-state index in [0.717, 1.165) is 28.7 Å². The first-order chi connectivity index (χ1) is 24.7.